The summed E-state index contributed by atoms with van der Waals surface area (Å²) in [6.07, 6.45) is 0. The quantitative estimate of drug-likeness (QED) is 0.195. The van der Waals surface area contributed by atoms with E-state index in [1.807, 2.05) is 11.3 Å². The van der Waals surface area contributed by atoms with E-state index in [0.29, 0.717) is 0 Å². The van der Waals surface area contributed by atoms with Crippen molar-refractivity contribution < 1.29 is 0 Å². The second-order valence-electron chi connectivity index (χ2n) is 9.15. The first-order chi connectivity index (χ1) is 16.8. The first kappa shape index (κ1) is 17.7. The number of para-hydroxylation sites is 2. The lowest BCUT2D eigenvalue weighted by Crippen LogP contribution is -1.96. The highest BCUT2D eigenvalue weighted by atomic mass is 35.5. The number of benzene rings is 5. The molecule has 0 bridgehead atoms. The summed E-state index contributed by atoms with van der Waals surface area (Å²) in [5.41, 5.74) is 7.30. The zero-order valence-corrected chi connectivity index (χ0v) is 19.4. The highest BCUT2D eigenvalue weighted by Gasteiger charge is 2.21. The molecule has 9 rings (SSSR count). The van der Waals surface area contributed by atoms with Crippen LogP contribution >= 0.6 is 22.9 Å². The molecule has 2 nitrogen and oxygen atoms in total. The molecule has 0 aliphatic rings. The topological polar surface area (TPSA) is 8.82 Å². The molecule has 4 aromatic heterocycles. The van der Waals surface area contributed by atoms with Crippen LogP contribution in [0.25, 0.3) is 74.8 Å². The van der Waals surface area contributed by atoms with Crippen LogP contribution in [0.15, 0.2) is 91.0 Å². The van der Waals surface area contributed by atoms with Crippen LogP contribution in [0.2, 0.25) is 5.02 Å². The maximum Gasteiger partial charge on any atom is 0.0784 e. The predicted octanol–water partition coefficient (Wildman–Crippen LogP) is 9.26. The van der Waals surface area contributed by atoms with Crippen molar-refractivity contribution in [2.45, 2.75) is 0 Å². The van der Waals surface area contributed by atoms with Crippen LogP contribution in [-0.4, -0.2) is 8.80 Å². The molecule has 0 atom stereocenters. The summed E-state index contributed by atoms with van der Waals surface area (Å²) in [7, 11) is 0. The van der Waals surface area contributed by atoms with Crippen LogP contribution in [0.3, 0.4) is 0 Å². The molecule has 0 aliphatic carbocycles. The van der Waals surface area contributed by atoms with Crippen LogP contribution in [0.4, 0.5) is 0 Å². The van der Waals surface area contributed by atoms with E-state index in [9.17, 15) is 0 Å². The van der Waals surface area contributed by atoms with Gasteiger partial charge in [-0.15, -0.1) is 11.3 Å². The Hall–Kier alpha value is -3.79. The molecule has 0 fully saturated rings. The van der Waals surface area contributed by atoms with Gasteiger partial charge in [0.1, 0.15) is 0 Å². The molecule has 0 radical (unpaired) electrons. The molecule has 34 heavy (non-hydrogen) atoms. The largest absolute Gasteiger partial charge is 0.305 e. The predicted molar refractivity (Wildman–Crippen MR) is 147 cm³/mol. The van der Waals surface area contributed by atoms with Crippen molar-refractivity contribution in [2.75, 3.05) is 0 Å². The maximum atomic E-state index is 6.74. The van der Waals surface area contributed by atoms with Crippen LogP contribution in [-0.2, 0) is 0 Å². The van der Waals surface area contributed by atoms with Gasteiger partial charge in [0.05, 0.1) is 33.1 Å². The van der Waals surface area contributed by atoms with Crippen LogP contribution in [0.1, 0.15) is 0 Å². The van der Waals surface area contributed by atoms with E-state index in [0.717, 1.165) is 10.5 Å². The van der Waals surface area contributed by atoms with Crippen molar-refractivity contribution in [3.05, 3.63) is 96.0 Å². The smallest absolute Gasteiger partial charge is 0.0784 e. The van der Waals surface area contributed by atoms with Gasteiger partial charge >= 0.3 is 0 Å². The van der Waals surface area contributed by atoms with Gasteiger partial charge in [-0.25, -0.2) is 0 Å². The Kier molecular flexibility index (Phi) is 3.02. The second kappa shape index (κ2) is 5.82. The van der Waals surface area contributed by atoms with Gasteiger partial charge in [-0.1, -0.05) is 60.1 Å². The molecule has 0 saturated carbocycles. The van der Waals surface area contributed by atoms with Gasteiger partial charge in [0.25, 0.3) is 0 Å². The molecule has 0 amide bonds. The Labute approximate surface area is 202 Å². The monoisotopic (exact) mass is 470 g/mol. The number of hydrogen-bond acceptors (Lipinski definition) is 1. The summed E-state index contributed by atoms with van der Waals surface area (Å²) in [4.78, 5) is 0. The molecule has 9 aromatic rings. The number of hydrogen-bond donors (Lipinski definition) is 0. The first-order valence-corrected chi connectivity index (χ1v) is 12.6. The fourth-order valence-corrected chi connectivity index (χ4v) is 7.49. The third-order valence-electron chi connectivity index (χ3n) is 7.46. The molecule has 5 aromatic carbocycles. The SMILES string of the molecule is Clc1cc2c3ccccc3n3c4cccc5c6cc7c(cc6n(c(c1)c23)c54)sc1ccccc17. The van der Waals surface area contributed by atoms with E-state index in [2.05, 4.69) is 99.8 Å². The fraction of sp³-hybridized carbons (Fsp3) is 0. The Balaban J connectivity index is 1.66. The number of halogens is 1. The number of aromatic nitrogens is 2. The summed E-state index contributed by atoms with van der Waals surface area (Å²) in [6.45, 7) is 0. The minimum Gasteiger partial charge on any atom is -0.305 e. The van der Waals surface area contributed by atoms with E-state index in [4.69, 9.17) is 11.6 Å². The van der Waals surface area contributed by atoms with Gasteiger partial charge in [0.15, 0.2) is 0 Å². The minimum absolute atomic E-state index is 0.766. The standard InChI is InChI=1S/C30H15ClN2S/c31-16-12-22-17-6-1-3-9-23(17)32-24-10-5-8-19-20-14-21-18-7-2-4-11-27(18)34-28(21)15-25(20)33(29(19)24)26(13-16)30(22)32/h1-15H. The van der Waals surface area contributed by atoms with E-state index in [1.165, 1.54) is 69.3 Å². The van der Waals surface area contributed by atoms with E-state index >= 15 is 0 Å². The van der Waals surface area contributed by atoms with Crippen LogP contribution in [0, 0.1) is 0 Å². The Bertz CT molecular complexity index is 2300. The zero-order chi connectivity index (χ0) is 22.1. The molecule has 4 heterocycles. The van der Waals surface area contributed by atoms with Crippen molar-refractivity contribution in [3.63, 3.8) is 0 Å². The van der Waals surface area contributed by atoms with Gasteiger partial charge in [-0.3, -0.25) is 0 Å². The van der Waals surface area contributed by atoms with Crippen molar-refractivity contribution in [2.24, 2.45) is 0 Å². The molecule has 0 spiro atoms. The molecule has 0 saturated heterocycles. The van der Waals surface area contributed by atoms with Crippen molar-refractivity contribution in [3.8, 4) is 0 Å². The van der Waals surface area contributed by atoms with E-state index in [1.54, 1.807) is 0 Å². The number of rotatable bonds is 0. The third-order valence-corrected chi connectivity index (χ3v) is 8.81. The first-order valence-electron chi connectivity index (χ1n) is 11.4. The average molecular weight is 471 g/mol. The van der Waals surface area contributed by atoms with Crippen LogP contribution < -0.4 is 0 Å². The zero-order valence-electron chi connectivity index (χ0n) is 17.8. The average Bonchev–Trinajstić information content (AvgIpc) is 3.50. The molecule has 0 aliphatic heterocycles. The summed E-state index contributed by atoms with van der Waals surface area (Å²) < 4.78 is 7.52. The fourth-order valence-electron chi connectivity index (χ4n) is 6.16. The lowest BCUT2D eigenvalue weighted by Gasteiger charge is -2.11. The second-order valence-corrected chi connectivity index (χ2v) is 10.7. The van der Waals surface area contributed by atoms with Crippen molar-refractivity contribution in [1.29, 1.82) is 0 Å². The third kappa shape index (κ3) is 1.92. The number of fused-ring (bicyclic) bond motifs is 11. The Morgan fingerprint density at radius 1 is 0.471 bits per heavy atom. The molecule has 158 valence electrons. The van der Waals surface area contributed by atoms with Gasteiger partial charge in [-0.2, -0.15) is 0 Å². The van der Waals surface area contributed by atoms with Gasteiger partial charge in [-0.05, 0) is 42.5 Å². The van der Waals surface area contributed by atoms with Crippen molar-refractivity contribution in [1.82, 2.24) is 8.80 Å². The highest BCUT2D eigenvalue weighted by Crippen LogP contribution is 2.44. The number of nitrogens with zero attached hydrogens (tertiary/aromatic N) is 2. The van der Waals surface area contributed by atoms with Gasteiger partial charge in [0.2, 0.25) is 0 Å². The summed E-state index contributed by atoms with van der Waals surface area (Å²) in [5.74, 6) is 0. The van der Waals surface area contributed by atoms with Crippen molar-refractivity contribution >= 4 is 97.8 Å². The summed E-state index contributed by atoms with van der Waals surface area (Å²) in [5, 5.41) is 8.43. The molecular weight excluding hydrogens is 456 g/mol. The maximum absolute atomic E-state index is 6.74. The normalized spacial score (nSPS) is 12.9. The molecule has 0 unspecified atom stereocenters. The van der Waals surface area contributed by atoms with Gasteiger partial charge < -0.3 is 8.80 Å². The van der Waals surface area contributed by atoms with Crippen LogP contribution in [0.5, 0.6) is 0 Å². The van der Waals surface area contributed by atoms with Gasteiger partial charge in [0, 0.05) is 46.7 Å². The van der Waals surface area contributed by atoms with E-state index < -0.39 is 0 Å². The van der Waals surface area contributed by atoms with E-state index in [-0.39, 0.29) is 0 Å². The summed E-state index contributed by atoms with van der Waals surface area (Å²) >= 11 is 8.61. The molecule has 0 N–H and O–H groups in total. The minimum atomic E-state index is 0.766. The Morgan fingerprint density at radius 3 is 2.15 bits per heavy atom. The lowest BCUT2D eigenvalue weighted by atomic mass is 10.1. The lowest BCUT2D eigenvalue weighted by molar-refractivity contribution is 1.26. The number of thiophene rings is 1. The highest BCUT2D eigenvalue weighted by molar-refractivity contribution is 7.25. The summed E-state index contributed by atoms with van der Waals surface area (Å²) in [6, 6.07) is 33.1. The Morgan fingerprint density at radius 2 is 1.21 bits per heavy atom. The molecule has 4 heteroatoms. The molecular formula is C30H15ClN2S.